The Kier molecular flexibility index (Phi) is 11.4. The average molecular weight is 336 g/mol. The van der Waals surface area contributed by atoms with Gasteiger partial charge in [0.05, 0.1) is 0 Å². The van der Waals surface area contributed by atoms with Crippen LogP contribution in [0.25, 0.3) is 0 Å². The molecule has 7 nitrogen and oxygen atoms in total. The molecule has 24 heavy (non-hydrogen) atoms. The lowest BCUT2D eigenvalue weighted by atomic mass is 10.4. The minimum absolute atomic E-state index is 0.686. The highest BCUT2D eigenvalue weighted by Crippen LogP contribution is 1.95. The summed E-state index contributed by atoms with van der Waals surface area (Å²) in [6, 6.07) is 0. The average Bonchev–Trinajstić information content (AvgIpc) is 3.05. The highest BCUT2D eigenvalue weighted by atomic mass is 16.5. The van der Waals surface area contributed by atoms with Gasteiger partial charge in [-0.2, -0.15) is 0 Å². The predicted molar refractivity (Wildman–Crippen MR) is 98.2 cm³/mol. The summed E-state index contributed by atoms with van der Waals surface area (Å²) < 4.78 is 7.60. The molecule has 1 heterocycles. The molecular formula is C17H32N6O. The second-order valence-corrected chi connectivity index (χ2v) is 5.44. The lowest BCUT2D eigenvalue weighted by molar-refractivity contribution is 0.130. The van der Waals surface area contributed by atoms with E-state index in [0.717, 1.165) is 63.9 Å². The third-order valence-corrected chi connectivity index (χ3v) is 3.43. The molecule has 0 atom stereocenters. The Bertz CT molecular complexity index is 471. The van der Waals surface area contributed by atoms with E-state index in [0.29, 0.717) is 6.54 Å². The second-order valence-electron chi connectivity index (χ2n) is 5.44. The molecule has 2 N–H and O–H groups in total. The molecule has 0 aromatic carbocycles. The van der Waals surface area contributed by atoms with Crippen LogP contribution in [0, 0.1) is 0 Å². The number of aromatic nitrogens is 3. The van der Waals surface area contributed by atoms with Crippen LogP contribution in [-0.4, -0.2) is 53.6 Å². The van der Waals surface area contributed by atoms with Crippen LogP contribution >= 0.6 is 0 Å². The molecule has 0 unspecified atom stereocenters. The minimum Gasteiger partial charge on any atom is -0.381 e. The van der Waals surface area contributed by atoms with Crippen molar-refractivity contribution >= 4 is 5.96 Å². The zero-order chi connectivity index (χ0) is 17.5. The number of nitrogens with one attached hydrogen (secondary N) is 2. The van der Waals surface area contributed by atoms with E-state index < -0.39 is 0 Å². The largest absolute Gasteiger partial charge is 0.381 e. The number of nitrogens with zero attached hydrogens (tertiary/aromatic N) is 4. The van der Waals surface area contributed by atoms with Gasteiger partial charge in [-0.25, -0.2) is 0 Å². The number of aryl methyl sites for hydroxylation is 1. The number of unbranched alkanes of at least 4 members (excludes halogenated alkanes) is 1. The second kappa shape index (κ2) is 13.5. The first kappa shape index (κ1) is 20.2. The van der Waals surface area contributed by atoms with Crippen molar-refractivity contribution in [3.63, 3.8) is 0 Å². The van der Waals surface area contributed by atoms with Crippen molar-refractivity contribution in [2.45, 2.75) is 46.1 Å². The summed E-state index contributed by atoms with van der Waals surface area (Å²) in [4.78, 5) is 4.57. The SMILES string of the molecule is C=CCNC(=NCCCOCCCC)NCCn1cnnc1CC. The van der Waals surface area contributed by atoms with Gasteiger partial charge in [0, 0.05) is 45.8 Å². The summed E-state index contributed by atoms with van der Waals surface area (Å²) in [5, 5.41) is 14.6. The summed E-state index contributed by atoms with van der Waals surface area (Å²) in [5.74, 6) is 1.80. The van der Waals surface area contributed by atoms with Gasteiger partial charge in [-0.3, -0.25) is 4.99 Å². The Morgan fingerprint density at radius 1 is 1.33 bits per heavy atom. The van der Waals surface area contributed by atoms with Crippen molar-refractivity contribution in [3.8, 4) is 0 Å². The molecule has 1 aromatic rings. The van der Waals surface area contributed by atoms with Crippen LogP contribution in [-0.2, 0) is 17.7 Å². The standard InChI is InChI=1S/C17H32N6O/c1-4-7-13-24-14-8-10-19-17(18-9-5-2)20-11-12-23-15-21-22-16(23)6-3/h5,15H,2,4,6-14H2,1,3H3,(H2,18,19,20). The van der Waals surface area contributed by atoms with Crippen molar-refractivity contribution < 1.29 is 4.74 Å². The molecule has 1 aromatic heterocycles. The van der Waals surface area contributed by atoms with Crippen LogP contribution in [0.3, 0.4) is 0 Å². The van der Waals surface area contributed by atoms with Gasteiger partial charge in [0.25, 0.3) is 0 Å². The summed E-state index contributed by atoms with van der Waals surface area (Å²) >= 11 is 0. The maximum absolute atomic E-state index is 5.55. The van der Waals surface area contributed by atoms with Crippen molar-refractivity contribution in [1.82, 2.24) is 25.4 Å². The molecule has 1 rings (SSSR count). The van der Waals surface area contributed by atoms with E-state index in [4.69, 9.17) is 4.74 Å². The zero-order valence-corrected chi connectivity index (χ0v) is 15.1. The van der Waals surface area contributed by atoms with Gasteiger partial charge in [0.15, 0.2) is 5.96 Å². The van der Waals surface area contributed by atoms with Gasteiger partial charge >= 0.3 is 0 Å². The van der Waals surface area contributed by atoms with Gasteiger partial charge < -0.3 is 19.9 Å². The zero-order valence-electron chi connectivity index (χ0n) is 15.1. The molecule has 0 saturated carbocycles. The summed E-state index contributed by atoms with van der Waals surface area (Å²) in [5.41, 5.74) is 0. The van der Waals surface area contributed by atoms with E-state index in [1.807, 2.05) is 6.08 Å². The van der Waals surface area contributed by atoms with Crippen molar-refractivity contribution in [2.75, 3.05) is 32.8 Å². The first-order valence-electron chi connectivity index (χ1n) is 8.89. The Labute approximate surface area is 145 Å². The van der Waals surface area contributed by atoms with E-state index in [1.165, 1.54) is 6.42 Å². The van der Waals surface area contributed by atoms with Crippen molar-refractivity contribution in [2.24, 2.45) is 4.99 Å². The third-order valence-electron chi connectivity index (χ3n) is 3.43. The maximum atomic E-state index is 5.55. The Morgan fingerprint density at radius 3 is 2.92 bits per heavy atom. The van der Waals surface area contributed by atoms with Crippen LogP contribution in [0.15, 0.2) is 24.0 Å². The Balaban J connectivity index is 2.29. The highest BCUT2D eigenvalue weighted by molar-refractivity contribution is 5.79. The molecule has 0 aliphatic carbocycles. The van der Waals surface area contributed by atoms with Gasteiger partial charge in [-0.05, 0) is 12.8 Å². The van der Waals surface area contributed by atoms with Crippen LogP contribution in [0.5, 0.6) is 0 Å². The number of guanidine groups is 1. The number of ether oxygens (including phenoxy) is 1. The van der Waals surface area contributed by atoms with Gasteiger partial charge in [-0.1, -0.05) is 26.3 Å². The molecule has 136 valence electrons. The molecule has 0 bridgehead atoms. The fourth-order valence-corrected chi connectivity index (χ4v) is 2.08. The quantitative estimate of drug-likeness (QED) is 0.248. The topological polar surface area (TPSA) is 76.4 Å². The first-order valence-corrected chi connectivity index (χ1v) is 8.89. The van der Waals surface area contributed by atoms with Gasteiger partial charge in [-0.15, -0.1) is 16.8 Å². The van der Waals surface area contributed by atoms with E-state index in [2.05, 4.69) is 50.8 Å². The van der Waals surface area contributed by atoms with E-state index in [9.17, 15) is 0 Å². The lowest BCUT2D eigenvalue weighted by Crippen LogP contribution is -2.39. The van der Waals surface area contributed by atoms with E-state index >= 15 is 0 Å². The van der Waals surface area contributed by atoms with Gasteiger partial charge in [0.1, 0.15) is 12.2 Å². The third kappa shape index (κ3) is 8.67. The number of hydrogen-bond donors (Lipinski definition) is 2. The van der Waals surface area contributed by atoms with Crippen LogP contribution in [0.4, 0.5) is 0 Å². The van der Waals surface area contributed by atoms with Crippen LogP contribution < -0.4 is 10.6 Å². The Hall–Kier alpha value is -1.89. The summed E-state index contributed by atoms with van der Waals surface area (Å²) in [7, 11) is 0. The smallest absolute Gasteiger partial charge is 0.191 e. The first-order chi connectivity index (χ1) is 11.8. The molecule has 7 heteroatoms. The molecular weight excluding hydrogens is 304 g/mol. The molecule has 0 amide bonds. The maximum Gasteiger partial charge on any atom is 0.191 e. The monoisotopic (exact) mass is 336 g/mol. The molecule has 0 saturated heterocycles. The fraction of sp³-hybridized carbons (Fsp3) is 0.706. The molecule has 0 aliphatic heterocycles. The fourth-order valence-electron chi connectivity index (χ4n) is 2.08. The van der Waals surface area contributed by atoms with E-state index in [1.54, 1.807) is 6.33 Å². The van der Waals surface area contributed by atoms with E-state index in [-0.39, 0.29) is 0 Å². The molecule has 0 fully saturated rings. The van der Waals surface area contributed by atoms with Crippen molar-refractivity contribution in [3.05, 3.63) is 24.8 Å². The number of hydrogen-bond acceptors (Lipinski definition) is 4. The normalized spacial score (nSPS) is 11.5. The van der Waals surface area contributed by atoms with Crippen LogP contribution in [0.1, 0.15) is 38.9 Å². The van der Waals surface area contributed by atoms with Crippen molar-refractivity contribution in [1.29, 1.82) is 0 Å². The molecule has 0 aliphatic rings. The Morgan fingerprint density at radius 2 is 2.17 bits per heavy atom. The van der Waals surface area contributed by atoms with Gasteiger partial charge in [0.2, 0.25) is 0 Å². The predicted octanol–water partition coefficient (Wildman–Crippen LogP) is 1.77. The summed E-state index contributed by atoms with van der Waals surface area (Å²) in [6.45, 7) is 12.6. The molecule has 0 spiro atoms. The lowest BCUT2D eigenvalue weighted by Gasteiger charge is -2.12. The summed E-state index contributed by atoms with van der Waals surface area (Å²) in [6.07, 6.45) is 7.69. The molecule has 0 radical (unpaired) electrons. The minimum atomic E-state index is 0.686. The van der Waals surface area contributed by atoms with Crippen LogP contribution in [0.2, 0.25) is 0 Å². The number of aliphatic imine (C=N–C) groups is 1. The number of rotatable bonds is 13. The highest BCUT2D eigenvalue weighted by Gasteiger charge is 2.02.